The number of rotatable bonds is 3. The Balaban J connectivity index is 1.87. The average Bonchev–Trinajstić information content (AvgIpc) is 3.07. The molecule has 4 rings (SSSR count). The Morgan fingerprint density at radius 2 is 1.70 bits per heavy atom. The summed E-state index contributed by atoms with van der Waals surface area (Å²) in [5, 5.41) is 8.30. The number of fused-ring (bicyclic) bond motifs is 1. The number of carbonyl (C=O) groups excluding carboxylic acids is 1. The Labute approximate surface area is 131 Å². The molecule has 0 N–H and O–H groups in total. The molecule has 0 spiro atoms. The molecule has 0 unspecified atom stereocenters. The number of hydrogen-bond donors (Lipinski definition) is 0. The lowest BCUT2D eigenvalue weighted by Gasteiger charge is -2.03. The van der Waals surface area contributed by atoms with Crippen LogP contribution in [0.2, 0.25) is 0 Å². The van der Waals surface area contributed by atoms with E-state index in [9.17, 15) is 4.79 Å². The van der Waals surface area contributed by atoms with Crippen LogP contribution in [0.25, 0.3) is 16.9 Å². The third-order valence-corrected chi connectivity index (χ3v) is 3.48. The molecule has 0 bridgehead atoms. The van der Waals surface area contributed by atoms with Gasteiger partial charge in [0.25, 0.3) is 0 Å². The van der Waals surface area contributed by atoms with Crippen LogP contribution in [0.3, 0.4) is 0 Å². The highest BCUT2D eigenvalue weighted by Crippen LogP contribution is 2.21. The van der Waals surface area contributed by atoms with E-state index in [0.29, 0.717) is 22.8 Å². The maximum atomic E-state index is 12.6. The van der Waals surface area contributed by atoms with Crippen LogP contribution in [-0.2, 0) is 0 Å². The Morgan fingerprint density at radius 3 is 2.43 bits per heavy atom. The molecular weight excluding hydrogens is 290 g/mol. The predicted octanol–water partition coefficient (Wildman–Crippen LogP) is 2.42. The number of ketones is 1. The summed E-state index contributed by atoms with van der Waals surface area (Å²) in [4.78, 5) is 21.0. The summed E-state index contributed by atoms with van der Waals surface area (Å²) in [6.07, 6.45) is 3.29. The van der Waals surface area contributed by atoms with Crippen molar-refractivity contribution in [3.05, 3.63) is 78.4 Å². The normalized spacial score (nSPS) is 10.8. The third kappa shape index (κ3) is 2.26. The van der Waals surface area contributed by atoms with Crippen molar-refractivity contribution in [3.8, 4) is 11.4 Å². The van der Waals surface area contributed by atoms with Gasteiger partial charge in [0.1, 0.15) is 17.1 Å². The van der Waals surface area contributed by atoms with Crippen LogP contribution in [0.4, 0.5) is 0 Å². The number of aromatic nitrogens is 5. The van der Waals surface area contributed by atoms with E-state index in [1.165, 1.54) is 4.52 Å². The second kappa shape index (κ2) is 5.42. The van der Waals surface area contributed by atoms with E-state index >= 15 is 0 Å². The maximum absolute atomic E-state index is 12.6. The largest absolute Gasteiger partial charge is 0.285 e. The van der Waals surface area contributed by atoms with Crippen molar-refractivity contribution in [2.75, 3.05) is 0 Å². The zero-order chi connectivity index (χ0) is 15.6. The van der Waals surface area contributed by atoms with E-state index in [1.807, 2.05) is 24.3 Å². The molecule has 6 nitrogen and oxygen atoms in total. The maximum Gasteiger partial charge on any atom is 0.229 e. The molecule has 23 heavy (non-hydrogen) atoms. The van der Waals surface area contributed by atoms with Crippen LogP contribution in [0.1, 0.15) is 16.2 Å². The third-order valence-electron chi connectivity index (χ3n) is 3.48. The van der Waals surface area contributed by atoms with Crippen molar-refractivity contribution >= 4 is 11.3 Å². The highest BCUT2D eigenvalue weighted by molar-refractivity contribution is 6.07. The lowest BCUT2D eigenvalue weighted by molar-refractivity contribution is 0.102. The molecule has 0 saturated heterocycles. The van der Waals surface area contributed by atoms with Crippen LogP contribution >= 0.6 is 0 Å². The fourth-order valence-corrected chi connectivity index (χ4v) is 2.40. The zero-order valence-corrected chi connectivity index (χ0v) is 12.0. The van der Waals surface area contributed by atoms with Crippen molar-refractivity contribution < 1.29 is 4.79 Å². The fraction of sp³-hybridized carbons (Fsp3) is 0. The van der Waals surface area contributed by atoms with Crippen molar-refractivity contribution in [2.45, 2.75) is 0 Å². The van der Waals surface area contributed by atoms with Gasteiger partial charge >= 0.3 is 0 Å². The van der Waals surface area contributed by atoms with Gasteiger partial charge in [-0.15, -0.1) is 5.10 Å². The highest BCUT2D eigenvalue weighted by atomic mass is 16.1. The van der Waals surface area contributed by atoms with Gasteiger partial charge in [-0.2, -0.15) is 0 Å². The minimum absolute atomic E-state index is 0.200. The van der Waals surface area contributed by atoms with Crippen LogP contribution in [0.5, 0.6) is 0 Å². The second-order valence-corrected chi connectivity index (χ2v) is 4.91. The lowest BCUT2D eigenvalue weighted by atomic mass is 10.1. The Morgan fingerprint density at radius 1 is 0.870 bits per heavy atom. The first-order valence-corrected chi connectivity index (χ1v) is 7.06. The summed E-state index contributed by atoms with van der Waals surface area (Å²) < 4.78 is 1.53. The number of pyridine rings is 3. The van der Waals surface area contributed by atoms with Gasteiger partial charge in [0, 0.05) is 12.4 Å². The van der Waals surface area contributed by atoms with Gasteiger partial charge in [0.15, 0.2) is 0 Å². The molecule has 4 heterocycles. The van der Waals surface area contributed by atoms with Gasteiger partial charge in [0.2, 0.25) is 5.78 Å². The van der Waals surface area contributed by atoms with Crippen LogP contribution in [0, 0.1) is 0 Å². The summed E-state index contributed by atoms with van der Waals surface area (Å²) in [6, 6.07) is 16.2. The molecule has 4 aromatic rings. The molecule has 0 saturated carbocycles. The molecule has 4 aromatic heterocycles. The molecule has 6 heteroatoms. The minimum atomic E-state index is -0.200. The summed E-state index contributed by atoms with van der Waals surface area (Å²) in [5.74, 6) is -0.200. The van der Waals surface area contributed by atoms with Crippen molar-refractivity contribution in [2.24, 2.45) is 0 Å². The summed E-state index contributed by atoms with van der Waals surface area (Å²) in [7, 11) is 0. The Bertz CT molecular complexity index is 980. The van der Waals surface area contributed by atoms with E-state index in [0.717, 1.165) is 5.52 Å². The molecule has 110 valence electrons. The molecule has 0 aliphatic rings. The molecule has 0 amide bonds. The highest BCUT2D eigenvalue weighted by Gasteiger charge is 2.17. The van der Waals surface area contributed by atoms with E-state index < -0.39 is 0 Å². The molecule has 0 aromatic carbocycles. The summed E-state index contributed by atoms with van der Waals surface area (Å²) in [5.41, 5.74) is 2.86. The monoisotopic (exact) mass is 301 g/mol. The van der Waals surface area contributed by atoms with Crippen LogP contribution in [0.15, 0.2) is 67.0 Å². The zero-order valence-electron chi connectivity index (χ0n) is 12.0. The van der Waals surface area contributed by atoms with Crippen LogP contribution < -0.4 is 0 Å². The van der Waals surface area contributed by atoms with Gasteiger partial charge in [-0.25, -0.2) is 4.52 Å². The van der Waals surface area contributed by atoms with E-state index in [1.54, 1.807) is 42.7 Å². The molecule has 0 aliphatic heterocycles. The quantitative estimate of drug-likeness (QED) is 0.543. The van der Waals surface area contributed by atoms with E-state index in [-0.39, 0.29) is 5.78 Å². The van der Waals surface area contributed by atoms with E-state index in [4.69, 9.17) is 0 Å². The Hall–Kier alpha value is -3.41. The first-order valence-electron chi connectivity index (χ1n) is 7.06. The standard InChI is InChI=1S/C17H11N5O/c23-17(13-7-2-4-11-19-13)15-9-5-8-14-16(20-21-22(14)15)12-6-1-3-10-18-12/h1-11H. The number of carbonyl (C=O) groups is 1. The average molecular weight is 301 g/mol. The van der Waals surface area contributed by atoms with Gasteiger partial charge in [-0.05, 0) is 36.4 Å². The van der Waals surface area contributed by atoms with Gasteiger partial charge in [0.05, 0.1) is 11.2 Å². The predicted molar refractivity (Wildman–Crippen MR) is 83.9 cm³/mol. The minimum Gasteiger partial charge on any atom is -0.285 e. The van der Waals surface area contributed by atoms with Gasteiger partial charge in [-0.3, -0.25) is 14.8 Å². The molecule has 0 aliphatic carbocycles. The first-order chi connectivity index (χ1) is 11.3. The van der Waals surface area contributed by atoms with Crippen LogP contribution in [-0.4, -0.2) is 30.6 Å². The SMILES string of the molecule is O=C(c1ccccn1)c1cccc2c(-c3ccccn3)nnn12. The molecule has 0 radical (unpaired) electrons. The topological polar surface area (TPSA) is 73.0 Å². The molecule has 0 fully saturated rings. The van der Waals surface area contributed by atoms with Gasteiger partial charge in [-0.1, -0.05) is 23.4 Å². The number of nitrogens with zero attached hydrogens (tertiary/aromatic N) is 5. The van der Waals surface area contributed by atoms with E-state index in [2.05, 4.69) is 20.3 Å². The lowest BCUT2D eigenvalue weighted by Crippen LogP contribution is -2.10. The fourth-order valence-electron chi connectivity index (χ4n) is 2.40. The molecule has 0 atom stereocenters. The summed E-state index contributed by atoms with van der Waals surface area (Å²) >= 11 is 0. The van der Waals surface area contributed by atoms with Crippen molar-refractivity contribution in [1.29, 1.82) is 0 Å². The molecular formula is C17H11N5O. The first kappa shape index (κ1) is 13.3. The smallest absolute Gasteiger partial charge is 0.229 e. The second-order valence-electron chi connectivity index (χ2n) is 4.91. The Kier molecular flexibility index (Phi) is 3.12. The summed E-state index contributed by atoms with van der Waals surface area (Å²) in [6.45, 7) is 0. The number of hydrogen-bond acceptors (Lipinski definition) is 5. The van der Waals surface area contributed by atoms with Gasteiger partial charge < -0.3 is 0 Å². The van der Waals surface area contributed by atoms with Crippen molar-refractivity contribution in [1.82, 2.24) is 24.8 Å². The van der Waals surface area contributed by atoms with Crippen molar-refractivity contribution in [3.63, 3.8) is 0 Å².